The Labute approximate surface area is 120 Å². The largest absolute Gasteiger partial charge is 0.343 e. The summed E-state index contributed by atoms with van der Waals surface area (Å²) in [5.41, 5.74) is 1.35. The summed E-state index contributed by atoms with van der Waals surface area (Å²) in [6.07, 6.45) is 3.11. The molecule has 6 heteroatoms. The van der Waals surface area contributed by atoms with Crippen molar-refractivity contribution in [2.45, 2.75) is 6.54 Å². The molecule has 1 aromatic carbocycles. The monoisotopic (exact) mass is 280 g/mol. The van der Waals surface area contributed by atoms with Gasteiger partial charge >= 0.3 is 0 Å². The molecular formula is C15H12N4O2. The van der Waals surface area contributed by atoms with Crippen LogP contribution in [0.4, 0.5) is 0 Å². The molecule has 6 nitrogen and oxygen atoms in total. The number of rotatable bonds is 4. The van der Waals surface area contributed by atoms with Crippen molar-refractivity contribution in [2.24, 2.45) is 0 Å². The van der Waals surface area contributed by atoms with Crippen LogP contribution in [-0.2, 0) is 6.54 Å². The third-order valence-corrected chi connectivity index (χ3v) is 2.82. The molecule has 0 bridgehead atoms. The van der Waals surface area contributed by atoms with Crippen LogP contribution in [0.3, 0.4) is 0 Å². The molecule has 0 saturated heterocycles. The predicted molar refractivity (Wildman–Crippen MR) is 75.1 cm³/mol. The molecule has 0 radical (unpaired) electrons. The number of carbonyl (C=O) groups is 1. The van der Waals surface area contributed by atoms with Crippen LogP contribution in [0.2, 0.25) is 0 Å². The van der Waals surface area contributed by atoms with E-state index >= 15 is 0 Å². The average molecular weight is 280 g/mol. The van der Waals surface area contributed by atoms with Crippen molar-refractivity contribution in [3.8, 4) is 11.4 Å². The van der Waals surface area contributed by atoms with Crippen molar-refractivity contribution >= 4 is 5.91 Å². The lowest BCUT2D eigenvalue weighted by molar-refractivity contribution is 0.0946. The summed E-state index contributed by atoms with van der Waals surface area (Å²) < 4.78 is 5.11. The van der Waals surface area contributed by atoms with Gasteiger partial charge in [0.2, 0.25) is 11.7 Å². The van der Waals surface area contributed by atoms with Gasteiger partial charge in [0.25, 0.3) is 5.91 Å². The maximum absolute atomic E-state index is 11.9. The van der Waals surface area contributed by atoms with Gasteiger partial charge in [-0.15, -0.1) is 0 Å². The molecular weight excluding hydrogens is 268 g/mol. The zero-order valence-electron chi connectivity index (χ0n) is 11.1. The molecule has 1 N–H and O–H groups in total. The zero-order valence-corrected chi connectivity index (χ0v) is 11.1. The Bertz CT molecular complexity index is 726. The third kappa shape index (κ3) is 3.11. The highest BCUT2D eigenvalue weighted by Crippen LogP contribution is 2.14. The smallest absolute Gasteiger partial charge is 0.253 e. The van der Waals surface area contributed by atoms with Gasteiger partial charge in [-0.05, 0) is 12.1 Å². The second-order valence-electron chi connectivity index (χ2n) is 4.30. The fourth-order valence-corrected chi connectivity index (χ4v) is 1.79. The summed E-state index contributed by atoms with van der Waals surface area (Å²) in [5, 5.41) is 6.59. The van der Waals surface area contributed by atoms with Gasteiger partial charge in [-0.2, -0.15) is 4.98 Å². The molecule has 0 unspecified atom stereocenters. The average Bonchev–Trinajstić information content (AvgIpc) is 3.03. The Hall–Kier alpha value is -3.02. The molecule has 0 fully saturated rings. The molecule has 0 saturated carbocycles. The highest BCUT2D eigenvalue weighted by Gasteiger charge is 2.10. The van der Waals surface area contributed by atoms with Crippen molar-refractivity contribution in [1.82, 2.24) is 20.4 Å². The highest BCUT2D eigenvalue weighted by molar-refractivity contribution is 5.93. The van der Waals surface area contributed by atoms with Gasteiger partial charge in [0.15, 0.2) is 0 Å². The van der Waals surface area contributed by atoms with E-state index in [1.807, 2.05) is 30.3 Å². The molecule has 2 heterocycles. The van der Waals surface area contributed by atoms with Gasteiger partial charge in [0.05, 0.1) is 12.1 Å². The van der Waals surface area contributed by atoms with Crippen molar-refractivity contribution in [1.29, 1.82) is 0 Å². The Morgan fingerprint density at radius 3 is 2.76 bits per heavy atom. The van der Waals surface area contributed by atoms with Crippen molar-refractivity contribution in [3.05, 3.63) is 66.3 Å². The number of carbonyl (C=O) groups excluding carboxylic acids is 1. The minimum atomic E-state index is -0.234. The molecule has 1 amide bonds. The van der Waals surface area contributed by atoms with E-state index in [4.69, 9.17) is 4.52 Å². The predicted octanol–water partition coefficient (Wildman–Crippen LogP) is 2.06. The Morgan fingerprint density at radius 1 is 1.14 bits per heavy atom. The third-order valence-electron chi connectivity index (χ3n) is 2.82. The van der Waals surface area contributed by atoms with E-state index in [2.05, 4.69) is 20.4 Å². The molecule has 3 rings (SSSR count). The number of benzene rings is 1. The Kier molecular flexibility index (Phi) is 3.68. The van der Waals surface area contributed by atoms with Crippen molar-refractivity contribution < 1.29 is 9.32 Å². The van der Waals surface area contributed by atoms with Crippen LogP contribution in [0.15, 0.2) is 59.4 Å². The number of aromatic nitrogens is 3. The van der Waals surface area contributed by atoms with Gasteiger partial charge < -0.3 is 9.84 Å². The van der Waals surface area contributed by atoms with Crippen molar-refractivity contribution in [2.75, 3.05) is 0 Å². The van der Waals surface area contributed by atoms with Gasteiger partial charge in [0.1, 0.15) is 0 Å². The van der Waals surface area contributed by atoms with Gasteiger partial charge in [-0.25, -0.2) is 0 Å². The molecule has 3 aromatic rings. The lowest BCUT2D eigenvalue weighted by Crippen LogP contribution is -2.22. The van der Waals surface area contributed by atoms with E-state index in [0.29, 0.717) is 17.3 Å². The van der Waals surface area contributed by atoms with E-state index in [0.717, 1.165) is 5.56 Å². The summed E-state index contributed by atoms with van der Waals surface area (Å²) >= 11 is 0. The van der Waals surface area contributed by atoms with E-state index in [-0.39, 0.29) is 12.5 Å². The zero-order chi connectivity index (χ0) is 14.5. The summed E-state index contributed by atoms with van der Waals surface area (Å²) in [7, 11) is 0. The van der Waals surface area contributed by atoms with Crippen LogP contribution in [-0.4, -0.2) is 21.0 Å². The first-order chi connectivity index (χ1) is 10.3. The lowest BCUT2D eigenvalue weighted by atomic mass is 10.2. The Morgan fingerprint density at radius 2 is 2.00 bits per heavy atom. The summed E-state index contributed by atoms with van der Waals surface area (Å²) in [6, 6.07) is 12.9. The van der Waals surface area contributed by atoms with E-state index in [1.165, 1.54) is 6.20 Å². The van der Waals surface area contributed by atoms with Crippen LogP contribution in [0.5, 0.6) is 0 Å². The molecule has 0 atom stereocenters. The molecule has 0 aliphatic rings. The van der Waals surface area contributed by atoms with Crippen LogP contribution >= 0.6 is 0 Å². The summed E-state index contributed by atoms with van der Waals surface area (Å²) in [6.45, 7) is 0.174. The first-order valence-electron chi connectivity index (χ1n) is 6.39. The van der Waals surface area contributed by atoms with Crippen LogP contribution in [0.1, 0.15) is 16.2 Å². The van der Waals surface area contributed by atoms with Gasteiger partial charge in [-0.1, -0.05) is 35.5 Å². The van der Waals surface area contributed by atoms with Crippen LogP contribution in [0, 0.1) is 0 Å². The number of amides is 1. The van der Waals surface area contributed by atoms with E-state index in [9.17, 15) is 4.79 Å². The second-order valence-corrected chi connectivity index (χ2v) is 4.30. The number of nitrogens with zero attached hydrogens (tertiary/aromatic N) is 3. The minimum Gasteiger partial charge on any atom is -0.343 e. The van der Waals surface area contributed by atoms with Gasteiger partial charge in [0, 0.05) is 18.0 Å². The number of nitrogens with one attached hydrogen (secondary N) is 1. The molecule has 0 spiro atoms. The quantitative estimate of drug-likeness (QED) is 0.791. The fraction of sp³-hybridized carbons (Fsp3) is 0.0667. The maximum Gasteiger partial charge on any atom is 0.253 e. The second kappa shape index (κ2) is 5.96. The normalized spacial score (nSPS) is 10.3. The van der Waals surface area contributed by atoms with Crippen LogP contribution < -0.4 is 5.32 Å². The SMILES string of the molecule is O=C(NCc1nc(-c2ccccc2)no1)c1cccnc1. The number of pyridine rings is 1. The van der Waals surface area contributed by atoms with Crippen LogP contribution in [0.25, 0.3) is 11.4 Å². The molecule has 104 valence electrons. The summed E-state index contributed by atoms with van der Waals surface area (Å²) in [4.78, 5) is 20.0. The number of hydrogen-bond acceptors (Lipinski definition) is 5. The Balaban J connectivity index is 1.64. The van der Waals surface area contributed by atoms with Crippen molar-refractivity contribution in [3.63, 3.8) is 0 Å². The first-order valence-corrected chi connectivity index (χ1v) is 6.39. The minimum absolute atomic E-state index is 0.174. The fourth-order valence-electron chi connectivity index (χ4n) is 1.79. The molecule has 21 heavy (non-hydrogen) atoms. The molecule has 2 aromatic heterocycles. The summed E-state index contributed by atoms with van der Waals surface area (Å²) in [5.74, 6) is 0.620. The van der Waals surface area contributed by atoms with E-state index < -0.39 is 0 Å². The number of hydrogen-bond donors (Lipinski definition) is 1. The lowest BCUT2D eigenvalue weighted by Gasteiger charge is -2.00. The maximum atomic E-state index is 11.9. The molecule has 0 aliphatic heterocycles. The first kappa shape index (κ1) is 13.0. The highest BCUT2D eigenvalue weighted by atomic mass is 16.5. The van der Waals surface area contributed by atoms with E-state index in [1.54, 1.807) is 18.3 Å². The van der Waals surface area contributed by atoms with Gasteiger partial charge in [-0.3, -0.25) is 9.78 Å². The molecule has 0 aliphatic carbocycles. The standard InChI is InChI=1S/C15H12N4O2/c20-15(12-7-4-8-16-9-12)17-10-13-18-14(19-21-13)11-5-2-1-3-6-11/h1-9H,10H2,(H,17,20). The topological polar surface area (TPSA) is 80.9 Å².